The highest BCUT2D eigenvalue weighted by molar-refractivity contribution is 6.06. The lowest BCUT2D eigenvalue weighted by Crippen LogP contribution is -2.34. The molecule has 2 N–H and O–H groups in total. The number of carboxylic acids is 1. The first-order valence-electron chi connectivity index (χ1n) is 10.2. The molecular weight excluding hydrogens is 388 g/mol. The van der Waals surface area contributed by atoms with Gasteiger partial charge in [0.2, 0.25) is 17.8 Å². The molecule has 1 fully saturated rings. The molecule has 1 aromatic rings. The molecule has 0 aliphatic carbocycles. The van der Waals surface area contributed by atoms with Crippen molar-refractivity contribution in [3.63, 3.8) is 0 Å². The average Bonchev–Trinajstić information content (AvgIpc) is 3.07. The summed E-state index contributed by atoms with van der Waals surface area (Å²) in [5.74, 6) is 0.208. The van der Waals surface area contributed by atoms with Crippen molar-refractivity contribution in [3.05, 3.63) is 23.8 Å². The number of nitrogens with zero attached hydrogens (tertiary/aromatic N) is 3. The number of benzene rings is 1. The molecule has 2 heterocycles. The van der Waals surface area contributed by atoms with Crippen LogP contribution >= 0.6 is 0 Å². The monoisotopic (exact) mass is 416 g/mol. The van der Waals surface area contributed by atoms with Crippen molar-refractivity contribution in [1.82, 2.24) is 15.1 Å². The molecule has 30 heavy (non-hydrogen) atoms. The van der Waals surface area contributed by atoms with Crippen molar-refractivity contribution in [2.75, 3.05) is 26.7 Å². The summed E-state index contributed by atoms with van der Waals surface area (Å²) in [6.07, 6.45) is 3.81. The smallest absolute Gasteiger partial charge is 0.323 e. The summed E-state index contributed by atoms with van der Waals surface area (Å²) in [7, 11) is 1.51. The Kier molecular flexibility index (Phi) is 6.91. The van der Waals surface area contributed by atoms with E-state index in [2.05, 4.69) is 10.3 Å². The first kappa shape index (κ1) is 21.6. The van der Waals surface area contributed by atoms with Crippen LogP contribution in [0.2, 0.25) is 0 Å². The largest absolute Gasteiger partial charge is 0.494 e. The van der Waals surface area contributed by atoms with E-state index in [1.165, 1.54) is 11.9 Å². The number of likely N-dealkylation sites (N-methyl/N-ethyl adjacent to an activating group) is 1. The number of nitrogens with one attached hydrogen (secondary N) is 1. The SMILES string of the molecule is CC1c2cc(OCCCCCCC(=O)N(C)CC(=O)O)ccc2N=C2NC(=O)CN21. The number of aliphatic imine (C=N–C) groups is 1. The zero-order valence-corrected chi connectivity index (χ0v) is 17.4. The molecule has 1 unspecified atom stereocenters. The van der Waals surface area contributed by atoms with Crippen molar-refractivity contribution < 1.29 is 24.2 Å². The fourth-order valence-electron chi connectivity index (χ4n) is 3.62. The minimum absolute atomic E-state index is 0.0416. The van der Waals surface area contributed by atoms with Crippen molar-refractivity contribution in [2.24, 2.45) is 4.99 Å². The molecule has 0 saturated carbocycles. The number of hydrogen-bond acceptors (Lipinski definition) is 6. The third-order valence-electron chi connectivity index (χ3n) is 5.33. The van der Waals surface area contributed by atoms with Crippen LogP contribution in [0, 0.1) is 0 Å². The van der Waals surface area contributed by atoms with Crippen molar-refractivity contribution in [1.29, 1.82) is 0 Å². The Labute approximate surface area is 175 Å². The number of fused-ring (bicyclic) bond motifs is 2. The zero-order chi connectivity index (χ0) is 21.7. The first-order valence-corrected chi connectivity index (χ1v) is 10.2. The molecule has 3 rings (SSSR count). The fraction of sp³-hybridized carbons (Fsp3) is 0.524. The summed E-state index contributed by atoms with van der Waals surface area (Å²) in [6, 6.07) is 5.83. The van der Waals surface area contributed by atoms with E-state index < -0.39 is 5.97 Å². The van der Waals surface area contributed by atoms with Gasteiger partial charge in [0.1, 0.15) is 18.8 Å². The minimum Gasteiger partial charge on any atom is -0.494 e. The maximum Gasteiger partial charge on any atom is 0.323 e. The van der Waals surface area contributed by atoms with E-state index >= 15 is 0 Å². The van der Waals surface area contributed by atoms with E-state index in [1.807, 2.05) is 30.0 Å². The van der Waals surface area contributed by atoms with E-state index in [0.29, 0.717) is 25.5 Å². The second-order valence-electron chi connectivity index (χ2n) is 7.66. The van der Waals surface area contributed by atoms with E-state index in [9.17, 15) is 14.4 Å². The summed E-state index contributed by atoms with van der Waals surface area (Å²) in [4.78, 5) is 41.7. The van der Waals surface area contributed by atoms with Gasteiger partial charge in [-0.3, -0.25) is 19.7 Å². The Morgan fingerprint density at radius 3 is 2.83 bits per heavy atom. The lowest BCUT2D eigenvalue weighted by molar-refractivity contribution is -0.143. The Hall–Kier alpha value is -3.10. The van der Waals surface area contributed by atoms with E-state index in [1.54, 1.807) is 0 Å². The number of carbonyl (C=O) groups excluding carboxylic acids is 2. The van der Waals surface area contributed by atoms with Crippen LogP contribution in [0.5, 0.6) is 5.75 Å². The van der Waals surface area contributed by atoms with Crippen LogP contribution in [-0.4, -0.2) is 65.4 Å². The number of carbonyl (C=O) groups is 3. The highest BCUT2D eigenvalue weighted by Crippen LogP contribution is 2.37. The predicted octanol–water partition coefficient (Wildman–Crippen LogP) is 2.05. The number of aliphatic carboxylic acids is 1. The van der Waals surface area contributed by atoms with Gasteiger partial charge in [-0.2, -0.15) is 0 Å². The molecule has 0 spiro atoms. The second-order valence-corrected chi connectivity index (χ2v) is 7.66. The van der Waals surface area contributed by atoms with E-state index in [-0.39, 0.29) is 24.4 Å². The lowest BCUT2D eigenvalue weighted by atomic mass is 10.0. The van der Waals surface area contributed by atoms with E-state index in [0.717, 1.165) is 42.7 Å². The van der Waals surface area contributed by atoms with Crippen molar-refractivity contribution in [2.45, 2.75) is 45.1 Å². The highest BCUT2D eigenvalue weighted by atomic mass is 16.5. The van der Waals surface area contributed by atoms with Gasteiger partial charge in [0, 0.05) is 19.0 Å². The minimum atomic E-state index is -1.00. The van der Waals surface area contributed by atoms with Crippen molar-refractivity contribution >= 4 is 29.4 Å². The number of guanidine groups is 1. The predicted molar refractivity (Wildman–Crippen MR) is 111 cm³/mol. The molecule has 2 amide bonds. The molecule has 2 aliphatic rings. The highest BCUT2D eigenvalue weighted by Gasteiger charge is 2.34. The van der Waals surface area contributed by atoms with Gasteiger partial charge in [-0.15, -0.1) is 0 Å². The van der Waals surface area contributed by atoms with Crippen LogP contribution in [0.4, 0.5) is 5.69 Å². The molecule has 0 radical (unpaired) electrons. The van der Waals surface area contributed by atoms with Crippen molar-refractivity contribution in [3.8, 4) is 5.75 Å². The fourth-order valence-corrected chi connectivity index (χ4v) is 3.62. The van der Waals surface area contributed by atoms with Crippen LogP contribution in [0.25, 0.3) is 0 Å². The molecule has 162 valence electrons. The van der Waals surface area contributed by atoms with Gasteiger partial charge in [0.05, 0.1) is 18.3 Å². The maximum atomic E-state index is 11.8. The Bertz CT molecular complexity index is 854. The summed E-state index contributed by atoms with van der Waals surface area (Å²) in [5.41, 5.74) is 1.89. The summed E-state index contributed by atoms with van der Waals surface area (Å²) in [6.45, 7) is 2.69. The maximum absolute atomic E-state index is 11.8. The number of amides is 2. The molecule has 1 aromatic carbocycles. The topological polar surface area (TPSA) is 112 Å². The second kappa shape index (κ2) is 9.60. The molecule has 1 atom stereocenters. The van der Waals surface area contributed by atoms with Gasteiger partial charge < -0.3 is 19.6 Å². The Morgan fingerprint density at radius 2 is 2.07 bits per heavy atom. The van der Waals surface area contributed by atoms with E-state index in [4.69, 9.17) is 9.84 Å². The number of unbranched alkanes of at least 4 members (excludes halogenated alkanes) is 3. The molecule has 0 aromatic heterocycles. The van der Waals surface area contributed by atoms with Crippen LogP contribution in [0.15, 0.2) is 23.2 Å². The van der Waals surface area contributed by atoms with Gasteiger partial charge >= 0.3 is 5.97 Å². The Balaban J connectivity index is 1.37. The number of carboxylic acid groups (broad SMARTS) is 1. The first-order chi connectivity index (χ1) is 14.3. The quantitative estimate of drug-likeness (QED) is 0.565. The lowest BCUT2D eigenvalue weighted by Gasteiger charge is -2.30. The number of ether oxygens (including phenoxy) is 1. The molecule has 2 aliphatic heterocycles. The summed E-state index contributed by atoms with van der Waals surface area (Å²) >= 11 is 0. The third kappa shape index (κ3) is 5.28. The van der Waals surface area contributed by atoms with Crippen LogP contribution < -0.4 is 10.1 Å². The Morgan fingerprint density at radius 1 is 1.30 bits per heavy atom. The average molecular weight is 416 g/mol. The third-order valence-corrected chi connectivity index (χ3v) is 5.33. The summed E-state index contributed by atoms with van der Waals surface area (Å²) < 4.78 is 5.87. The van der Waals surface area contributed by atoms with Crippen LogP contribution in [0.3, 0.4) is 0 Å². The van der Waals surface area contributed by atoms with Gasteiger partial charge in [0.15, 0.2) is 0 Å². The number of rotatable bonds is 10. The molecule has 1 saturated heterocycles. The molecule has 9 heteroatoms. The zero-order valence-electron chi connectivity index (χ0n) is 17.4. The van der Waals surface area contributed by atoms with Gasteiger partial charge in [-0.05, 0) is 38.0 Å². The summed E-state index contributed by atoms with van der Waals surface area (Å²) in [5, 5.41) is 11.5. The number of hydrogen-bond donors (Lipinski definition) is 2. The van der Waals surface area contributed by atoms with Gasteiger partial charge in [-0.25, -0.2) is 4.99 Å². The van der Waals surface area contributed by atoms with Gasteiger partial charge in [-0.1, -0.05) is 12.8 Å². The molecular formula is C21H28N4O5. The molecule has 0 bridgehead atoms. The normalized spacial score (nSPS) is 17.0. The van der Waals surface area contributed by atoms with Crippen LogP contribution in [0.1, 0.15) is 50.6 Å². The van der Waals surface area contributed by atoms with Gasteiger partial charge in [0.25, 0.3) is 0 Å². The standard InChI is InChI=1S/C21H28N4O5/c1-14-16-11-15(8-9-17(16)22-21-23-18(26)12-25(14)21)30-10-6-4-3-5-7-19(27)24(2)13-20(28)29/h8-9,11,14H,3-7,10,12-13H2,1-2H3,(H,28,29)(H,22,23,26). The molecule has 9 nitrogen and oxygen atoms in total. The van der Waals surface area contributed by atoms with Crippen LogP contribution in [-0.2, 0) is 14.4 Å².